The molecule has 0 aliphatic carbocycles. The van der Waals surface area contributed by atoms with E-state index in [2.05, 4.69) is 10.6 Å². The lowest BCUT2D eigenvalue weighted by atomic mass is 10.1. The van der Waals surface area contributed by atoms with Crippen molar-refractivity contribution < 1.29 is 19.1 Å². The molecule has 0 saturated carbocycles. The van der Waals surface area contributed by atoms with Gasteiger partial charge >= 0.3 is 0 Å². The van der Waals surface area contributed by atoms with Gasteiger partial charge in [0.05, 0.1) is 19.8 Å². The number of likely N-dealkylation sites (N-methyl/N-ethyl adjacent to an activating group) is 1. The molecule has 2 aliphatic heterocycles. The Hall–Kier alpha value is -1.18. The lowest BCUT2D eigenvalue weighted by Crippen LogP contribution is -2.59. The molecular weight excluding hydrogens is 238 g/mol. The third-order valence-corrected chi connectivity index (χ3v) is 3.16. The van der Waals surface area contributed by atoms with Crippen LogP contribution in [0.15, 0.2) is 0 Å². The molecule has 2 amide bonds. The molecule has 2 N–H and O–H groups in total. The summed E-state index contributed by atoms with van der Waals surface area (Å²) in [6.45, 7) is 2.90. The molecule has 0 aromatic heterocycles. The summed E-state index contributed by atoms with van der Waals surface area (Å²) in [5.74, 6) is -0.342. The van der Waals surface area contributed by atoms with Crippen LogP contribution in [0.1, 0.15) is 0 Å². The Morgan fingerprint density at radius 3 is 2.89 bits per heavy atom. The van der Waals surface area contributed by atoms with Crippen LogP contribution in [0.4, 0.5) is 0 Å². The molecule has 2 rings (SSSR count). The largest absolute Gasteiger partial charge is 0.377 e. The predicted molar refractivity (Wildman–Crippen MR) is 63.0 cm³/mol. The van der Waals surface area contributed by atoms with Crippen LogP contribution in [-0.4, -0.2) is 75.4 Å². The zero-order valence-electron chi connectivity index (χ0n) is 10.5. The van der Waals surface area contributed by atoms with Crippen LogP contribution in [0.3, 0.4) is 0 Å². The quantitative estimate of drug-likeness (QED) is 0.595. The molecule has 2 fully saturated rings. The number of ether oxygens (including phenoxy) is 2. The van der Waals surface area contributed by atoms with Crippen molar-refractivity contribution in [3.8, 4) is 0 Å². The topological polar surface area (TPSA) is 79.9 Å². The van der Waals surface area contributed by atoms with Crippen molar-refractivity contribution in [1.82, 2.24) is 15.5 Å². The minimum absolute atomic E-state index is 0.140. The monoisotopic (exact) mass is 257 g/mol. The first-order valence-electron chi connectivity index (χ1n) is 6.16. The first-order valence-corrected chi connectivity index (χ1v) is 6.16. The second-order valence-electron chi connectivity index (χ2n) is 4.30. The second-order valence-corrected chi connectivity index (χ2v) is 4.30. The van der Waals surface area contributed by atoms with Gasteiger partial charge in [0.25, 0.3) is 5.91 Å². The highest BCUT2D eigenvalue weighted by molar-refractivity contribution is 5.89. The van der Waals surface area contributed by atoms with E-state index in [4.69, 9.17) is 9.47 Å². The number of carbonyl (C=O) groups excluding carboxylic acids is 2. The van der Waals surface area contributed by atoms with Crippen molar-refractivity contribution in [3.05, 3.63) is 0 Å². The molecule has 0 aromatic carbocycles. The van der Waals surface area contributed by atoms with Crippen LogP contribution >= 0.6 is 0 Å². The van der Waals surface area contributed by atoms with E-state index in [0.717, 1.165) is 6.54 Å². The number of amides is 2. The molecule has 7 nitrogen and oxygen atoms in total. The molecule has 0 aromatic rings. The normalized spacial score (nSPS) is 28.8. The Morgan fingerprint density at radius 1 is 1.39 bits per heavy atom. The van der Waals surface area contributed by atoms with Crippen LogP contribution in [0.25, 0.3) is 0 Å². The van der Waals surface area contributed by atoms with E-state index in [-0.39, 0.29) is 18.4 Å². The fraction of sp³-hybridized carbons (Fsp3) is 0.818. The van der Waals surface area contributed by atoms with Gasteiger partial charge in [-0.2, -0.15) is 0 Å². The van der Waals surface area contributed by atoms with Gasteiger partial charge in [-0.15, -0.1) is 0 Å². The summed E-state index contributed by atoms with van der Waals surface area (Å²) in [5.41, 5.74) is 0. The van der Waals surface area contributed by atoms with Crippen molar-refractivity contribution in [2.24, 2.45) is 0 Å². The highest BCUT2D eigenvalue weighted by Gasteiger charge is 2.36. The van der Waals surface area contributed by atoms with E-state index < -0.39 is 12.1 Å². The predicted octanol–water partition coefficient (Wildman–Crippen LogP) is -2.05. The number of rotatable bonds is 2. The number of morpholine rings is 2. The molecule has 2 unspecified atom stereocenters. The van der Waals surface area contributed by atoms with Crippen molar-refractivity contribution in [3.63, 3.8) is 0 Å². The highest BCUT2D eigenvalue weighted by atomic mass is 16.5. The zero-order chi connectivity index (χ0) is 13.0. The third-order valence-electron chi connectivity index (χ3n) is 3.16. The smallest absolute Gasteiger partial charge is 0.253 e. The Kier molecular flexibility index (Phi) is 4.51. The summed E-state index contributed by atoms with van der Waals surface area (Å²) in [6.07, 6.45) is -0.496. The number of nitrogens with one attached hydrogen (secondary N) is 2. The van der Waals surface area contributed by atoms with Crippen LogP contribution in [0.5, 0.6) is 0 Å². The molecule has 102 valence electrons. The van der Waals surface area contributed by atoms with Crippen molar-refractivity contribution in [2.45, 2.75) is 12.1 Å². The molecular formula is C11H19N3O4. The Bertz CT molecular complexity index is 317. The van der Waals surface area contributed by atoms with Gasteiger partial charge in [-0.1, -0.05) is 0 Å². The highest BCUT2D eigenvalue weighted by Crippen LogP contribution is 2.11. The lowest BCUT2D eigenvalue weighted by Gasteiger charge is -2.37. The van der Waals surface area contributed by atoms with Gasteiger partial charge in [0, 0.05) is 26.7 Å². The zero-order valence-corrected chi connectivity index (χ0v) is 10.5. The summed E-state index contributed by atoms with van der Waals surface area (Å²) in [7, 11) is 1.55. The average Bonchev–Trinajstić information content (AvgIpc) is 2.46. The molecule has 0 radical (unpaired) electrons. The van der Waals surface area contributed by atoms with Crippen molar-refractivity contribution in [1.29, 1.82) is 0 Å². The maximum atomic E-state index is 12.3. The van der Waals surface area contributed by atoms with E-state index >= 15 is 0 Å². The minimum atomic E-state index is -0.554. The molecule has 18 heavy (non-hydrogen) atoms. The number of carbonyl (C=O) groups is 2. The molecule has 2 aliphatic rings. The molecule has 2 atom stereocenters. The van der Waals surface area contributed by atoms with Crippen LogP contribution in [0, 0.1) is 0 Å². The van der Waals surface area contributed by atoms with Gasteiger partial charge in [-0.3, -0.25) is 9.59 Å². The minimum Gasteiger partial charge on any atom is -0.377 e. The molecule has 0 spiro atoms. The van der Waals surface area contributed by atoms with E-state index in [0.29, 0.717) is 26.3 Å². The number of hydrogen-bond acceptors (Lipinski definition) is 5. The standard InChI is InChI=1S/C11H19N3O4/c1-12-10(15)8-7-17-5-3-14(8)11(16)9-6-13-2-4-18-9/h8-9,13H,2-7H2,1H3,(H,12,15). The summed E-state index contributed by atoms with van der Waals surface area (Å²) in [5, 5.41) is 5.66. The Balaban J connectivity index is 2.03. The average molecular weight is 257 g/mol. The van der Waals surface area contributed by atoms with E-state index in [1.165, 1.54) is 0 Å². The summed E-state index contributed by atoms with van der Waals surface area (Å²) < 4.78 is 10.7. The molecule has 2 heterocycles. The van der Waals surface area contributed by atoms with Crippen LogP contribution in [-0.2, 0) is 19.1 Å². The van der Waals surface area contributed by atoms with Gasteiger partial charge in [0.1, 0.15) is 12.1 Å². The number of nitrogens with zero attached hydrogens (tertiary/aromatic N) is 1. The van der Waals surface area contributed by atoms with Crippen LogP contribution < -0.4 is 10.6 Å². The lowest BCUT2D eigenvalue weighted by molar-refractivity contribution is -0.158. The van der Waals surface area contributed by atoms with E-state index in [9.17, 15) is 9.59 Å². The van der Waals surface area contributed by atoms with Gasteiger partial charge in [-0.25, -0.2) is 0 Å². The molecule has 7 heteroatoms. The first-order chi connectivity index (χ1) is 8.74. The molecule has 0 bridgehead atoms. The summed E-state index contributed by atoms with van der Waals surface area (Å²) in [6, 6.07) is -0.554. The fourth-order valence-electron chi connectivity index (χ4n) is 2.16. The van der Waals surface area contributed by atoms with Crippen LogP contribution in [0.2, 0.25) is 0 Å². The van der Waals surface area contributed by atoms with E-state index in [1.54, 1.807) is 11.9 Å². The fourth-order valence-corrected chi connectivity index (χ4v) is 2.16. The Morgan fingerprint density at radius 2 is 2.22 bits per heavy atom. The van der Waals surface area contributed by atoms with Gasteiger partial charge in [0.15, 0.2) is 0 Å². The second kappa shape index (κ2) is 6.12. The van der Waals surface area contributed by atoms with Gasteiger partial charge in [0.2, 0.25) is 5.91 Å². The summed E-state index contributed by atoms with van der Waals surface area (Å²) >= 11 is 0. The number of hydrogen-bond donors (Lipinski definition) is 2. The molecule has 2 saturated heterocycles. The van der Waals surface area contributed by atoms with Crippen molar-refractivity contribution >= 4 is 11.8 Å². The summed E-state index contributed by atoms with van der Waals surface area (Å²) in [4.78, 5) is 25.6. The van der Waals surface area contributed by atoms with E-state index in [1.807, 2.05) is 0 Å². The third kappa shape index (κ3) is 2.80. The van der Waals surface area contributed by atoms with Gasteiger partial charge in [-0.05, 0) is 0 Å². The maximum absolute atomic E-state index is 12.3. The van der Waals surface area contributed by atoms with Gasteiger partial charge < -0.3 is 25.0 Å². The van der Waals surface area contributed by atoms with Crippen molar-refractivity contribution in [2.75, 3.05) is 46.5 Å². The first kappa shape index (κ1) is 13.3. The SMILES string of the molecule is CNC(=O)C1COCCN1C(=O)C1CNCCO1. The Labute approximate surface area is 106 Å². The maximum Gasteiger partial charge on any atom is 0.253 e.